The maximum absolute atomic E-state index is 5.86. The number of aryl methyl sites for hydroxylation is 2. The smallest absolute Gasteiger partial charge is 0.264 e. The molecule has 1 aromatic carbocycles. The molecule has 5 heteroatoms. The van der Waals surface area contributed by atoms with Gasteiger partial charge in [0.05, 0.1) is 0 Å². The third-order valence-corrected chi connectivity index (χ3v) is 3.40. The summed E-state index contributed by atoms with van der Waals surface area (Å²) < 4.78 is 11.0. The largest absolute Gasteiger partial charge is 0.483 e. The van der Waals surface area contributed by atoms with Crippen LogP contribution in [0.25, 0.3) is 0 Å². The van der Waals surface area contributed by atoms with E-state index in [0.29, 0.717) is 12.5 Å². The molecule has 2 aromatic rings. The van der Waals surface area contributed by atoms with Gasteiger partial charge in [-0.05, 0) is 33.4 Å². The van der Waals surface area contributed by atoms with Crippen LogP contribution in [0.2, 0.25) is 0 Å². The minimum absolute atomic E-state index is 0.221. The predicted octanol–water partition coefficient (Wildman–Crippen LogP) is 3.19. The Labute approximate surface area is 125 Å². The van der Waals surface area contributed by atoms with E-state index in [2.05, 4.69) is 42.3 Å². The summed E-state index contributed by atoms with van der Waals surface area (Å²) in [6.07, 6.45) is 1.83. The van der Waals surface area contributed by atoms with E-state index in [-0.39, 0.29) is 6.04 Å². The van der Waals surface area contributed by atoms with Gasteiger partial charge in [-0.3, -0.25) is 0 Å². The molecule has 0 fully saturated rings. The van der Waals surface area contributed by atoms with E-state index in [4.69, 9.17) is 9.26 Å². The van der Waals surface area contributed by atoms with Crippen LogP contribution in [0.5, 0.6) is 5.75 Å². The Morgan fingerprint density at radius 3 is 2.90 bits per heavy atom. The Morgan fingerprint density at radius 1 is 1.38 bits per heavy atom. The van der Waals surface area contributed by atoms with E-state index < -0.39 is 0 Å². The number of ether oxygens (including phenoxy) is 1. The van der Waals surface area contributed by atoms with E-state index in [1.54, 1.807) is 0 Å². The highest BCUT2D eigenvalue weighted by atomic mass is 16.5. The van der Waals surface area contributed by atoms with Crippen molar-refractivity contribution in [3.8, 4) is 5.75 Å². The lowest BCUT2D eigenvalue weighted by atomic mass is 10.0. The molecule has 21 heavy (non-hydrogen) atoms. The van der Waals surface area contributed by atoms with Crippen molar-refractivity contribution in [2.24, 2.45) is 0 Å². The maximum Gasteiger partial charge on any atom is 0.264 e. The number of rotatable bonds is 7. The number of nitrogens with one attached hydrogen (secondary N) is 1. The molecule has 5 nitrogen and oxygen atoms in total. The monoisotopic (exact) mass is 289 g/mol. The molecule has 2 rings (SSSR count). The minimum atomic E-state index is 0.221. The summed E-state index contributed by atoms with van der Waals surface area (Å²) in [6, 6.07) is 6.38. The molecule has 0 amide bonds. The molecule has 1 aromatic heterocycles. The molecule has 0 aliphatic rings. The minimum Gasteiger partial charge on any atom is -0.483 e. The summed E-state index contributed by atoms with van der Waals surface area (Å²) in [5.41, 5.74) is 2.34. The summed E-state index contributed by atoms with van der Waals surface area (Å²) in [5.74, 6) is 2.10. The van der Waals surface area contributed by atoms with Crippen LogP contribution in [0, 0.1) is 6.92 Å². The predicted molar refractivity (Wildman–Crippen MR) is 81.3 cm³/mol. The zero-order valence-electron chi connectivity index (χ0n) is 13.1. The highest BCUT2D eigenvalue weighted by Gasteiger charge is 2.12. The maximum atomic E-state index is 5.86. The SMILES string of the molecule is CCCc1noc(COc2ccc(C)cc2C(C)NC)n1. The number of nitrogens with zero attached hydrogens (tertiary/aromatic N) is 2. The van der Waals surface area contributed by atoms with Crippen LogP contribution >= 0.6 is 0 Å². The molecule has 1 atom stereocenters. The van der Waals surface area contributed by atoms with Crippen LogP contribution in [-0.2, 0) is 13.0 Å². The quantitative estimate of drug-likeness (QED) is 0.848. The third kappa shape index (κ3) is 4.04. The van der Waals surface area contributed by atoms with Gasteiger partial charge in [-0.15, -0.1) is 0 Å². The molecule has 0 bridgehead atoms. The van der Waals surface area contributed by atoms with Crippen LogP contribution in [0.4, 0.5) is 0 Å². The van der Waals surface area contributed by atoms with Gasteiger partial charge in [0.2, 0.25) is 0 Å². The second-order valence-corrected chi connectivity index (χ2v) is 5.19. The van der Waals surface area contributed by atoms with E-state index >= 15 is 0 Å². The van der Waals surface area contributed by atoms with Gasteiger partial charge >= 0.3 is 0 Å². The lowest BCUT2D eigenvalue weighted by Gasteiger charge is -2.16. The Balaban J connectivity index is 2.08. The number of hydrogen-bond acceptors (Lipinski definition) is 5. The van der Waals surface area contributed by atoms with E-state index in [1.165, 1.54) is 5.56 Å². The van der Waals surface area contributed by atoms with Crippen molar-refractivity contribution in [1.82, 2.24) is 15.5 Å². The van der Waals surface area contributed by atoms with E-state index in [1.807, 2.05) is 19.2 Å². The first kappa shape index (κ1) is 15.5. The molecule has 0 radical (unpaired) electrons. The van der Waals surface area contributed by atoms with Gasteiger partial charge in [-0.25, -0.2) is 0 Å². The molecule has 0 saturated carbocycles. The average Bonchev–Trinajstić information content (AvgIpc) is 2.93. The van der Waals surface area contributed by atoms with Gasteiger partial charge in [0.1, 0.15) is 5.75 Å². The third-order valence-electron chi connectivity index (χ3n) is 3.40. The van der Waals surface area contributed by atoms with Gasteiger partial charge in [0.15, 0.2) is 12.4 Å². The summed E-state index contributed by atoms with van der Waals surface area (Å²) in [7, 11) is 1.94. The summed E-state index contributed by atoms with van der Waals surface area (Å²) in [4.78, 5) is 4.31. The van der Waals surface area contributed by atoms with Gasteiger partial charge in [-0.1, -0.05) is 29.8 Å². The average molecular weight is 289 g/mol. The molecule has 0 aliphatic carbocycles. The molecule has 0 saturated heterocycles. The second-order valence-electron chi connectivity index (χ2n) is 5.19. The Kier molecular flexibility index (Phi) is 5.33. The standard InChI is InChI=1S/C16H23N3O2/c1-5-6-15-18-16(21-19-15)10-20-14-8-7-11(2)9-13(14)12(3)17-4/h7-9,12,17H,5-6,10H2,1-4H3. The normalized spacial score (nSPS) is 12.4. The van der Waals surface area contributed by atoms with Crippen molar-refractivity contribution < 1.29 is 9.26 Å². The van der Waals surface area contributed by atoms with Crippen molar-refractivity contribution in [3.05, 3.63) is 41.0 Å². The van der Waals surface area contributed by atoms with Crippen LogP contribution in [0.15, 0.2) is 22.7 Å². The number of aromatic nitrogens is 2. The topological polar surface area (TPSA) is 60.2 Å². The fraction of sp³-hybridized carbons (Fsp3) is 0.500. The molecule has 114 valence electrons. The second kappa shape index (κ2) is 7.22. The molecule has 1 N–H and O–H groups in total. The van der Waals surface area contributed by atoms with Crippen molar-refractivity contribution in [3.63, 3.8) is 0 Å². The van der Waals surface area contributed by atoms with Crippen LogP contribution in [0.3, 0.4) is 0 Å². The van der Waals surface area contributed by atoms with E-state index in [9.17, 15) is 0 Å². The van der Waals surface area contributed by atoms with Gasteiger partial charge in [0, 0.05) is 18.0 Å². The Morgan fingerprint density at radius 2 is 2.19 bits per heavy atom. The summed E-state index contributed by atoms with van der Waals surface area (Å²) in [6.45, 7) is 6.56. The van der Waals surface area contributed by atoms with Gasteiger partial charge < -0.3 is 14.6 Å². The van der Waals surface area contributed by atoms with Crippen molar-refractivity contribution >= 4 is 0 Å². The zero-order chi connectivity index (χ0) is 15.2. The van der Waals surface area contributed by atoms with Crippen LogP contribution in [0.1, 0.15) is 49.2 Å². The Hall–Kier alpha value is -1.88. The van der Waals surface area contributed by atoms with Crippen molar-refractivity contribution in [2.45, 2.75) is 46.3 Å². The first-order valence-electron chi connectivity index (χ1n) is 7.36. The van der Waals surface area contributed by atoms with Gasteiger partial charge in [-0.2, -0.15) is 4.98 Å². The molecule has 1 unspecified atom stereocenters. The Bertz CT molecular complexity index is 581. The first-order valence-corrected chi connectivity index (χ1v) is 7.36. The number of hydrogen-bond donors (Lipinski definition) is 1. The van der Waals surface area contributed by atoms with E-state index in [0.717, 1.165) is 30.0 Å². The fourth-order valence-corrected chi connectivity index (χ4v) is 2.11. The van der Waals surface area contributed by atoms with Gasteiger partial charge in [0.25, 0.3) is 5.89 Å². The lowest BCUT2D eigenvalue weighted by Crippen LogP contribution is -2.14. The first-order chi connectivity index (χ1) is 10.1. The molecule has 1 heterocycles. The lowest BCUT2D eigenvalue weighted by molar-refractivity contribution is 0.239. The molecular formula is C16H23N3O2. The molecular weight excluding hydrogens is 266 g/mol. The molecule has 0 spiro atoms. The summed E-state index contributed by atoms with van der Waals surface area (Å²) in [5, 5.41) is 7.16. The zero-order valence-corrected chi connectivity index (χ0v) is 13.1. The van der Waals surface area contributed by atoms with Crippen LogP contribution < -0.4 is 10.1 Å². The summed E-state index contributed by atoms with van der Waals surface area (Å²) >= 11 is 0. The van der Waals surface area contributed by atoms with Crippen molar-refractivity contribution in [1.29, 1.82) is 0 Å². The van der Waals surface area contributed by atoms with Crippen molar-refractivity contribution in [2.75, 3.05) is 7.05 Å². The highest BCUT2D eigenvalue weighted by molar-refractivity contribution is 5.38. The van der Waals surface area contributed by atoms with Crippen LogP contribution in [-0.4, -0.2) is 17.2 Å². The number of benzene rings is 1. The fourth-order valence-electron chi connectivity index (χ4n) is 2.11. The highest BCUT2D eigenvalue weighted by Crippen LogP contribution is 2.26. The molecule has 0 aliphatic heterocycles.